The van der Waals surface area contributed by atoms with Crippen molar-refractivity contribution in [2.24, 2.45) is 0 Å². The van der Waals surface area contributed by atoms with Gasteiger partial charge in [-0.15, -0.1) is 0 Å². The molecular weight excluding hydrogens is 188 g/mol. The topological polar surface area (TPSA) is 26.3 Å². The van der Waals surface area contributed by atoms with Gasteiger partial charge in [0.2, 0.25) is 0 Å². The van der Waals surface area contributed by atoms with Gasteiger partial charge in [0.1, 0.15) is 11.5 Å². The van der Waals surface area contributed by atoms with E-state index in [0.29, 0.717) is 18.9 Å². The zero-order valence-electron chi connectivity index (χ0n) is 9.62. The maximum atomic E-state index is 10.7. The number of carbonyl (C=O) groups is 1. The predicted octanol–water partition coefficient (Wildman–Crippen LogP) is 3.17. The van der Waals surface area contributed by atoms with E-state index < -0.39 is 0 Å². The molecule has 2 nitrogen and oxygen atoms in total. The maximum Gasteiger partial charge on any atom is 0.133 e. The van der Waals surface area contributed by atoms with Crippen LogP contribution >= 0.6 is 0 Å². The van der Waals surface area contributed by atoms with E-state index in [9.17, 15) is 4.79 Å². The summed E-state index contributed by atoms with van der Waals surface area (Å²) < 4.78 is 5.43. The van der Waals surface area contributed by atoms with E-state index >= 15 is 0 Å². The summed E-state index contributed by atoms with van der Waals surface area (Å²) in [5, 5.41) is 0. The van der Waals surface area contributed by atoms with Crippen molar-refractivity contribution in [1.29, 1.82) is 0 Å². The number of ether oxygens (including phenoxy) is 1. The van der Waals surface area contributed by atoms with Crippen LogP contribution in [0.5, 0.6) is 5.75 Å². The fourth-order valence-corrected chi connectivity index (χ4v) is 1.26. The molecule has 1 aromatic carbocycles. The molecule has 1 aromatic rings. The maximum absolute atomic E-state index is 10.7. The first-order valence-corrected chi connectivity index (χ1v) is 5.32. The Balaban J connectivity index is 2.46. The molecule has 0 atom stereocenters. The van der Waals surface area contributed by atoms with Gasteiger partial charge in [-0.25, -0.2) is 0 Å². The van der Waals surface area contributed by atoms with Crippen LogP contribution in [0.2, 0.25) is 0 Å². The third-order valence-electron chi connectivity index (χ3n) is 2.27. The quantitative estimate of drug-likeness (QED) is 0.739. The van der Waals surface area contributed by atoms with Crippen molar-refractivity contribution in [1.82, 2.24) is 0 Å². The fraction of sp³-hybridized carbons (Fsp3) is 0.462. The van der Waals surface area contributed by atoms with Gasteiger partial charge < -0.3 is 4.74 Å². The van der Waals surface area contributed by atoms with Crippen LogP contribution in [0.15, 0.2) is 24.3 Å². The number of ketones is 1. The van der Waals surface area contributed by atoms with E-state index in [-0.39, 0.29) is 5.78 Å². The third kappa shape index (κ3) is 4.15. The summed E-state index contributed by atoms with van der Waals surface area (Å²) in [5.74, 6) is 1.53. The standard InChI is InChI=1S/C13H18O2/c1-10(2)12-4-6-13(7-5-12)15-9-8-11(3)14/h4-7,10H,8-9H2,1-3H3. The zero-order chi connectivity index (χ0) is 11.3. The molecular formula is C13H18O2. The first-order chi connectivity index (χ1) is 7.09. The minimum atomic E-state index is 0.161. The van der Waals surface area contributed by atoms with Gasteiger partial charge in [0.05, 0.1) is 6.61 Å². The molecule has 1 rings (SSSR count). The lowest BCUT2D eigenvalue weighted by Gasteiger charge is -2.08. The Morgan fingerprint density at radius 2 is 1.87 bits per heavy atom. The van der Waals surface area contributed by atoms with Crippen molar-refractivity contribution in [2.75, 3.05) is 6.61 Å². The molecule has 0 bridgehead atoms. The van der Waals surface area contributed by atoms with Gasteiger partial charge in [-0.1, -0.05) is 26.0 Å². The molecule has 0 aromatic heterocycles. The summed E-state index contributed by atoms with van der Waals surface area (Å²) in [6, 6.07) is 8.03. The summed E-state index contributed by atoms with van der Waals surface area (Å²) in [7, 11) is 0. The fourth-order valence-electron chi connectivity index (χ4n) is 1.26. The van der Waals surface area contributed by atoms with Crippen LogP contribution in [0.25, 0.3) is 0 Å². The highest BCUT2D eigenvalue weighted by atomic mass is 16.5. The van der Waals surface area contributed by atoms with Crippen LogP contribution in [0.4, 0.5) is 0 Å². The number of hydrogen-bond acceptors (Lipinski definition) is 2. The van der Waals surface area contributed by atoms with Gasteiger partial charge >= 0.3 is 0 Å². The Morgan fingerprint density at radius 1 is 1.27 bits per heavy atom. The van der Waals surface area contributed by atoms with E-state index in [2.05, 4.69) is 26.0 Å². The third-order valence-corrected chi connectivity index (χ3v) is 2.27. The molecule has 0 unspecified atom stereocenters. The van der Waals surface area contributed by atoms with Crippen LogP contribution in [-0.4, -0.2) is 12.4 Å². The molecule has 0 saturated heterocycles. The second-order valence-electron chi connectivity index (χ2n) is 4.02. The first kappa shape index (κ1) is 11.8. The lowest BCUT2D eigenvalue weighted by Crippen LogP contribution is -2.02. The molecule has 0 amide bonds. The minimum absolute atomic E-state index is 0.161. The zero-order valence-corrected chi connectivity index (χ0v) is 9.62. The molecule has 0 fully saturated rings. The Labute approximate surface area is 91.3 Å². The molecule has 0 aliphatic carbocycles. The van der Waals surface area contributed by atoms with Crippen molar-refractivity contribution in [2.45, 2.75) is 33.1 Å². The molecule has 0 spiro atoms. The van der Waals surface area contributed by atoms with Crippen molar-refractivity contribution in [3.63, 3.8) is 0 Å². The molecule has 2 heteroatoms. The second kappa shape index (κ2) is 5.54. The average Bonchev–Trinajstić information content (AvgIpc) is 2.18. The molecule has 0 N–H and O–H groups in total. The highest BCUT2D eigenvalue weighted by Gasteiger charge is 1.99. The van der Waals surface area contributed by atoms with E-state index in [1.54, 1.807) is 6.92 Å². The number of carbonyl (C=O) groups excluding carboxylic acids is 1. The summed E-state index contributed by atoms with van der Waals surface area (Å²) in [6.07, 6.45) is 0.478. The lowest BCUT2D eigenvalue weighted by molar-refractivity contribution is -0.117. The van der Waals surface area contributed by atoms with E-state index in [1.165, 1.54) is 5.56 Å². The molecule has 0 aliphatic rings. The number of Topliss-reactive ketones (excluding diaryl/α,β-unsaturated/α-hetero) is 1. The largest absolute Gasteiger partial charge is 0.493 e. The summed E-state index contributed by atoms with van der Waals surface area (Å²) in [5.41, 5.74) is 1.30. The minimum Gasteiger partial charge on any atom is -0.493 e. The van der Waals surface area contributed by atoms with Gasteiger partial charge in [-0.05, 0) is 30.5 Å². The van der Waals surface area contributed by atoms with Gasteiger partial charge in [-0.2, -0.15) is 0 Å². The van der Waals surface area contributed by atoms with Crippen molar-refractivity contribution in [3.8, 4) is 5.75 Å². The molecule has 82 valence electrons. The lowest BCUT2D eigenvalue weighted by atomic mass is 10.0. The van der Waals surface area contributed by atoms with Gasteiger partial charge in [0, 0.05) is 6.42 Å². The van der Waals surface area contributed by atoms with E-state index in [1.807, 2.05) is 12.1 Å². The molecule has 0 saturated carbocycles. The normalized spacial score (nSPS) is 10.4. The summed E-state index contributed by atoms with van der Waals surface area (Å²) in [4.78, 5) is 10.7. The summed E-state index contributed by atoms with van der Waals surface area (Å²) in [6.45, 7) is 6.36. The monoisotopic (exact) mass is 206 g/mol. The van der Waals surface area contributed by atoms with Crippen molar-refractivity contribution < 1.29 is 9.53 Å². The second-order valence-corrected chi connectivity index (χ2v) is 4.02. The van der Waals surface area contributed by atoms with Crippen LogP contribution in [-0.2, 0) is 4.79 Å². The Kier molecular flexibility index (Phi) is 4.35. The average molecular weight is 206 g/mol. The molecule has 0 aliphatic heterocycles. The van der Waals surface area contributed by atoms with Crippen LogP contribution < -0.4 is 4.74 Å². The Hall–Kier alpha value is -1.31. The Morgan fingerprint density at radius 3 is 2.33 bits per heavy atom. The van der Waals surface area contributed by atoms with Crippen LogP contribution in [0.1, 0.15) is 38.7 Å². The summed E-state index contributed by atoms with van der Waals surface area (Å²) >= 11 is 0. The SMILES string of the molecule is CC(=O)CCOc1ccc(C(C)C)cc1. The van der Waals surface area contributed by atoms with Crippen molar-refractivity contribution >= 4 is 5.78 Å². The van der Waals surface area contributed by atoms with Gasteiger partial charge in [-0.3, -0.25) is 4.79 Å². The van der Waals surface area contributed by atoms with E-state index in [4.69, 9.17) is 4.74 Å². The molecule has 15 heavy (non-hydrogen) atoms. The van der Waals surface area contributed by atoms with Crippen molar-refractivity contribution in [3.05, 3.63) is 29.8 Å². The Bertz CT molecular complexity index is 312. The first-order valence-electron chi connectivity index (χ1n) is 5.32. The highest BCUT2D eigenvalue weighted by Crippen LogP contribution is 2.18. The highest BCUT2D eigenvalue weighted by molar-refractivity contribution is 5.75. The number of benzene rings is 1. The van der Waals surface area contributed by atoms with Gasteiger partial charge in [0.25, 0.3) is 0 Å². The smallest absolute Gasteiger partial charge is 0.133 e. The van der Waals surface area contributed by atoms with Crippen LogP contribution in [0.3, 0.4) is 0 Å². The number of hydrogen-bond donors (Lipinski definition) is 0. The van der Waals surface area contributed by atoms with Crippen LogP contribution in [0, 0.1) is 0 Å². The van der Waals surface area contributed by atoms with Gasteiger partial charge in [0.15, 0.2) is 0 Å². The predicted molar refractivity (Wildman–Crippen MR) is 61.3 cm³/mol. The van der Waals surface area contributed by atoms with E-state index in [0.717, 1.165) is 5.75 Å². The number of rotatable bonds is 5. The molecule has 0 radical (unpaired) electrons. The molecule has 0 heterocycles.